The molecule has 1 aromatic carbocycles. The molecule has 0 spiro atoms. The van der Waals surface area contributed by atoms with Crippen molar-refractivity contribution < 1.29 is 9.18 Å². The molecule has 3 N–H and O–H groups in total. The quantitative estimate of drug-likeness (QED) is 0.871. The topological polar surface area (TPSA) is 55.1 Å². The van der Waals surface area contributed by atoms with Crippen LogP contribution >= 0.6 is 0 Å². The summed E-state index contributed by atoms with van der Waals surface area (Å²) in [6.45, 7) is 0. The smallest absolute Gasteiger partial charge is 0.224 e. The van der Waals surface area contributed by atoms with E-state index in [9.17, 15) is 9.18 Å². The van der Waals surface area contributed by atoms with E-state index in [2.05, 4.69) is 5.32 Å². The summed E-state index contributed by atoms with van der Waals surface area (Å²) in [5.74, 6) is 0.149. The molecule has 0 aromatic heterocycles. The molecule has 1 amide bonds. The van der Waals surface area contributed by atoms with Crippen molar-refractivity contribution in [3.63, 3.8) is 0 Å². The summed E-state index contributed by atoms with van der Waals surface area (Å²) < 4.78 is 13.8. The van der Waals surface area contributed by atoms with Gasteiger partial charge in [-0.2, -0.15) is 0 Å². The van der Waals surface area contributed by atoms with Crippen LogP contribution in [0.3, 0.4) is 0 Å². The number of nitrogens with two attached hydrogens (primary N) is 1. The van der Waals surface area contributed by atoms with E-state index in [1.165, 1.54) is 31.4 Å². The van der Waals surface area contributed by atoms with Crippen molar-refractivity contribution in [2.75, 3.05) is 5.32 Å². The third kappa shape index (κ3) is 2.57. The number of aryl methyl sites for hydroxylation is 1. The highest BCUT2D eigenvalue weighted by atomic mass is 19.1. The maximum absolute atomic E-state index is 13.8. The van der Waals surface area contributed by atoms with Crippen LogP contribution < -0.4 is 11.1 Å². The monoisotopic (exact) mass is 276 g/mol. The van der Waals surface area contributed by atoms with Crippen molar-refractivity contribution in [1.29, 1.82) is 0 Å². The van der Waals surface area contributed by atoms with Gasteiger partial charge in [-0.25, -0.2) is 4.39 Å². The number of hydrogen-bond donors (Lipinski definition) is 2. The van der Waals surface area contributed by atoms with Gasteiger partial charge in [-0.3, -0.25) is 4.79 Å². The SMILES string of the molecule is NC(c1cc(F)cc2c1NC(=O)CC2)C1CCCCC1. The number of fused-ring (bicyclic) bond motifs is 1. The Morgan fingerprint density at radius 3 is 2.70 bits per heavy atom. The Morgan fingerprint density at radius 1 is 1.20 bits per heavy atom. The van der Waals surface area contributed by atoms with Gasteiger partial charge in [0.2, 0.25) is 5.91 Å². The van der Waals surface area contributed by atoms with E-state index in [1.807, 2.05) is 0 Å². The largest absolute Gasteiger partial charge is 0.326 e. The van der Waals surface area contributed by atoms with Crippen molar-refractivity contribution in [3.8, 4) is 0 Å². The van der Waals surface area contributed by atoms with Crippen LogP contribution in [-0.4, -0.2) is 5.91 Å². The first-order valence-corrected chi connectivity index (χ1v) is 7.53. The zero-order valence-electron chi connectivity index (χ0n) is 11.6. The molecule has 1 atom stereocenters. The number of carbonyl (C=O) groups excluding carboxylic acids is 1. The van der Waals surface area contributed by atoms with Crippen molar-refractivity contribution in [3.05, 3.63) is 29.1 Å². The normalized spacial score (nSPS) is 21.2. The molecule has 0 bridgehead atoms. The van der Waals surface area contributed by atoms with Crippen molar-refractivity contribution >= 4 is 11.6 Å². The molecule has 0 radical (unpaired) electrons. The number of hydrogen-bond acceptors (Lipinski definition) is 2. The maximum atomic E-state index is 13.8. The number of nitrogens with one attached hydrogen (secondary N) is 1. The standard InChI is InChI=1S/C16H21FN2O/c17-12-8-11-6-7-14(20)19-16(11)13(9-12)15(18)10-4-2-1-3-5-10/h8-10,15H,1-7,18H2,(H,19,20). The third-order valence-corrected chi connectivity index (χ3v) is 4.62. The second kappa shape index (κ2) is 5.52. The van der Waals surface area contributed by atoms with E-state index >= 15 is 0 Å². The van der Waals surface area contributed by atoms with E-state index < -0.39 is 0 Å². The number of anilines is 1. The minimum Gasteiger partial charge on any atom is -0.326 e. The third-order valence-electron chi connectivity index (χ3n) is 4.62. The van der Waals surface area contributed by atoms with E-state index in [4.69, 9.17) is 5.73 Å². The molecule has 3 rings (SSSR count). The van der Waals surface area contributed by atoms with Gasteiger partial charge in [-0.1, -0.05) is 19.3 Å². The highest BCUT2D eigenvalue weighted by Crippen LogP contribution is 2.38. The van der Waals surface area contributed by atoms with Gasteiger partial charge in [0, 0.05) is 18.2 Å². The first kappa shape index (κ1) is 13.6. The van der Waals surface area contributed by atoms with E-state index in [0.717, 1.165) is 29.7 Å². The Kier molecular flexibility index (Phi) is 3.74. The second-order valence-corrected chi connectivity index (χ2v) is 6.00. The second-order valence-electron chi connectivity index (χ2n) is 6.00. The molecule has 1 aliphatic carbocycles. The van der Waals surface area contributed by atoms with Crippen LogP contribution in [0, 0.1) is 11.7 Å². The lowest BCUT2D eigenvalue weighted by molar-refractivity contribution is -0.116. The molecular weight excluding hydrogens is 255 g/mol. The molecule has 4 heteroatoms. The fourth-order valence-corrected chi connectivity index (χ4v) is 3.50. The lowest BCUT2D eigenvalue weighted by atomic mass is 9.80. The fraction of sp³-hybridized carbons (Fsp3) is 0.562. The summed E-state index contributed by atoms with van der Waals surface area (Å²) in [7, 11) is 0. The van der Waals surface area contributed by atoms with Gasteiger partial charge in [0.05, 0.1) is 0 Å². The summed E-state index contributed by atoms with van der Waals surface area (Å²) in [5, 5.41) is 2.89. The molecule has 1 aliphatic heterocycles. The van der Waals surface area contributed by atoms with Gasteiger partial charge in [0.15, 0.2) is 0 Å². The van der Waals surface area contributed by atoms with Crippen LogP contribution in [0.25, 0.3) is 0 Å². The summed E-state index contributed by atoms with van der Waals surface area (Å²) >= 11 is 0. The minimum atomic E-state index is -0.249. The average Bonchev–Trinajstić information content (AvgIpc) is 2.47. The van der Waals surface area contributed by atoms with E-state index in [0.29, 0.717) is 18.8 Å². The first-order chi connectivity index (χ1) is 9.65. The van der Waals surface area contributed by atoms with Crippen molar-refractivity contribution in [1.82, 2.24) is 0 Å². The first-order valence-electron chi connectivity index (χ1n) is 7.53. The van der Waals surface area contributed by atoms with E-state index in [1.54, 1.807) is 0 Å². The van der Waals surface area contributed by atoms with Crippen molar-refractivity contribution in [2.45, 2.75) is 51.0 Å². The highest BCUT2D eigenvalue weighted by Gasteiger charge is 2.27. The lowest BCUT2D eigenvalue weighted by Crippen LogP contribution is -2.28. The zero-order chi connectivity index (χ0) is 14.1. The Bertz CT molecular complexity index is 523. The summed E-state index contributed by atoms with van der Waals surface area (Å²) in [4.78, 5) is 11.6. The van der Waals surface area contributed by atoms with Gasteiger partial charge < -0.3 is 11.1 Å². The Labute approximate surface area is 118 Å². The van der Waals surface area contributed by atoms with Gasteiger partial charge >= 0.3 is 0 Å². The predicted molar refractivity (Wildman–Crippen MR) is 76.9 cm³/mol. The van der Waals surface area contributed by atoms with Gasteiger partial charge in [-0.15, -0.1) is 0 Å². The molecule has 2 aliphatic rings. The molecule has 20 heavy (non-hydrogen) atoms. The van der Waals surface area contributed by atoms with Gasteiger partial charge in [-0.05, 0) is 48.4 Å². The fourth-order valence-electron chi connectivity index (χ4n) is 3.50. The number of carbonyl (C=O) groups is 1. The molecule has 108 valence electrons. The van der Waals surface area contributed by atoms with Crippen LogP contribution in [0.2, 0.25) is 0 Å². The Balaban J connectivity index is 1.95. The minimum absolute atomic E-state index is 0.00111. The number of amides is 1. The lowest BCUT2D eigenvalue weighted by Gasteiger charge is -2.31. The molecule has 3 nitrogen and oxygen atoms in total. The van der Waals surface area contributed by atoms with Gasteiger partial charge in [0.25, 0.3) is 0 Å². The van der Waals surface area contributed by atoms with Crippen LogP contribution in [0.1, 0.15) is 55.7 Å². The Hall–Kier alpha value is -1.42. The molecule has 1 unspecified atom stereocenters. The molecule has 1 aromatic rings. The average molecular weight is 276 g/mol. The van der Waals surface area contributed by atoms with Crippen LogP contribution in [-0.2, 0) is 11.2 Å². The number of rotatable bonds is 2. The summed E-state index contributed by atoms with van der Waals surface area (Å²) in [6.07, 6.45) is 6.88. The molecule has 0 saturated heterocycles. The highest BCUT2D eigenvalue weighted by molar-refractivity contribution is 5.95. The number of benzene rings is 1. The van der Waals surface area contributed by atoms with Crippen molar-refractivity contribution in [2.24, 2.45) is 11.7 Å². The van der Waals surface area contributed by atoms with Crippen LogP contribution in [0.15, 0.2) is 12.1 Å². The molecule has 1 fully saturated rings. The van der Waals surface area contributed by atoms with Gasteiger partial charge in [0.1, 0.15) is 5.82 Å². The predicted octanol–water partition coefficient (Wildman–Crippen LogP) is 3.29. The molecule has 1 heterocycles. The number of halogens is 1. The summed E-state index contributed by atoms with van der Waals surface area (Å²) in [6, 6.07) is 2.84. The van der Waals surface area contributed by atoms with Crippen LogP contribution in [0.5, 0.6) is 0 Å². The van der Waals surface area contributed by atoms with Crippen LogP contribution in [0.4, 0.5) is 10.1 Å². The zero-order valence-corrected chi connectivity index (χ0v) is 11.6. The molecule has 1 saturated carbocycles. The summed E-state index contributed by atoms with van der Waals surface area (Å²) in [5.41, 5.74) is 8.81. The Morgan fingerprint density at radius 2 is 1.95 bits per heavy atom. The van der Waals surface area contributed by atoms with E-state index in [-0.39, 0.29) is 17.8 Å². The molecular formula is C16H21FN2O. The maximum Gasteiger partial charge on any atom is 0.224 e.